The van der Waals surface area contributed by atoms with Crippen LogP contribution in [0, 0.1) is 6.92 Å². The molecule has 0 aliphatic heterocycles. The Bertz CT molecular complexity index is 939. The summed E-state index contributed by atoms with van der Waals surface area (Å²) in [6.45, 7) is 5.46. The van der Waals surface area contributed by atoms with Crippen LogP contribution in [0.25, 0.3) is 0 Å². The van der Waals surface area contributed by atoms with E-state index in [1.54, 1.807) is 37.3 Å². The number of hydrogen-bond acceptors (Lipinski definition) is 4. The average Bonchev–Trinajstić information content (AvgIpc) is 2.69. The highest BCUT2D eigenvalue weighted by molar-refractivity contribution is 6.39. The normalized spacial score (nSPS) is 11.0. The fourth-order valence-electron chi connectivity index (χ4n) is 2.36. The maximum absolute atomic E-state index is 12.1. The molecule has 0 saturated heterocycles. The van der Waals surface area contributed by atoms with E-state index >= 15 is 0 Å². The lowest BCUT2D eigenvalue weighted by Crippen LogP contribution is -2.33. The Morgan fingerprint density at radius 3 is 2.24 bits per heavy atom. The topological polar surface area (TPSA) is 99.7 Å². The van der Waals surface area contributed by atoms with Crippen molar-refractivity contribution in [2.75, 3.05) is 10.6 Å². The van der Waals surface area contributed by atoms with Crippen LogP contribution in [0.2, 0.25) is 5.02 Å². The van der Waals surface area contributed by atoms with Crippen molar-refractivity contribution in [1.82, 2.24) is 5.43 Å². The lowest BCUT2D eigenvalue weighted by Gasteiger charge is -2.07. The summed E-state index contributed by atoms with van der Waals surface area (Å²) in [5, 5.41) is 9.53. The second-order valence-electron chi connectivity index (χ2n) is 6.48. The molecule has 2 aromatic rings. The standard InChI is InChI=1S/C21H23ClN4O3/c1-4-15-6-9-16(10-7-15)24-20(28)21(29)26-25-14(3)11-19(27)23-17-8-5-13(2)18(22)12-17/h5-10,12H,4,11H2,1-3H3,(H,23,27)(H,24,28)(H,26,29). The second-order valence-corrected chi connectivity index (χ2v) is 6.89. The zero-order chi connectivity index (χ0) is 21.4. The first kappa shape index (κ1) is 22.1. The predicted molar refractivity (Wildman–Crippen MR) is 115 cm³/mol. The quantitative estimate of drug-likeness (QED) is 0.382. The van der Waals surface area contributed by atoms with E-state index in [2.05, 4.69) is 21.2 Å². The molecule has 0 radical (unpaired) electrons. The van der Waals surface area contributed by atoms with Crippen LogP contribution < -0.4 is 16.1 Å². The number of rotatable bonds is 6. The third-order valence-corrected chi connectivity index (χ3v) is 4.45. The number of hydrazone groups is 1. The Labute approximate surface area is 174 Å². The summed E-state index contributed by atoms with van der Waals surface area (Å²) < 4.78 is 0. The van der Waals surface area contributed by atoms with E-state index in [0.717, 1.165) is 17.5 Å². The molecule has 152 valence electrons. The van der Waals surface area contributed by atoms with Crippen LogP contribution in [0.15, 0.2) is 47.6 Å². The zero-order valence-corrected chi connectivity index (χ0v) is 17.3. The van der Waals surface area contributed by atoms with Gasteiger partial charge in [0.05, 0.1) is 6.42 Å². The number of nitrogens with zero attached hydrogens (tertiary/aromatic N) is 1. The zero-order valence-electron chi connectivity index (χ0n) is 16.5. The minimum Gasteiger partial charge on any atom is -0.326 e. The van der Waals surface area contributed by atoms with Gasteiger partial charge in [0, 0.05) is 22.1 Å². The molecular formula is C21H23ClN4O3. The van der Waals surface area contributed by atoms with Crippen molar-refractivity contribution >= 4 is 46.4 Å². The number of amides is 3. The minimum absolute atomic E-state index is 0.0497. The second kappa shape index (κ2) is 10.4. The number of anilines is 2. The van der Waals surface area contributed by atoms with E-state index in [9.17, 15) is 14.4 Å². The summed E-state index contributed by atoms with van der Waals surface area (Å²) in [4.78, 5) is 35.9. The summed E-state index contributed by atoms with van der Waals surface area (Å²) in [6, 6.07) is 12.4. The predicted octanol–water partition coefficient (Wildman–Crippen LogP) is 3.67. The van der Waals surface area contributed by atoms with Crippen molar-refractivity contribution in [1.29, 1.82) is 0 Å². The molecule has 29 heavy (non-hydrogen) atoms. The number of carbonyl (C=O) groups is 3. The first-order valence-corrected chi connectivity index (χ1v) is 9.45. The molecule has 7 nitrogen and oxygen atoms in total. The van der Waals surface area contributed by atoms with Crippen molar-refractivity contribution in [3.63, 3.8) is 0 Å². The molecule has 0 spiro atoms. The van der Waals surface area contributed by atoms with Gasteiger partial charge in [-0.05, 0) is 55.7 Å². The molecule has 8 heteroatoms. The van der Waals surface area contributed by atoms with Crippen molar-refractivity contribution in [3.05, 3.63) is 58.6 Å². The molecule has 2 rings (SSSR count). The molecule has 0 aliphatic rings. The van der Waals surface area contributed by atoms with Gasteiger partial charge in [0.2, 0.25) is 5.91 Å². The third-order valence-electron chi connectivity index (χ3n) is 4.05. The van der Waals surface area contributed by atoms with Gasteiger partial charge in [-0.25, -0.2) is 5.43 Å². The van der Waals surface area contributed by atoms with Crippen LogP contribution in [0.1, 0.15) is 31.4 Å². The highest BCUT2D eigenvalue weighted by Crippen LogP contribution is 2.20. The van der Waals surface area contributed by atoms with Gasteiger partial charge in [-0.15, -0.1) is 0 Å². The fourth-order valence-corrected chi connectivity index (χ4v) is 2.54. The lowest BCUT2D eigenvalue weighted by molar-refractivity contribution is -0.136. The number of benzene rings is 2. The summed E-state index contributed by atoms with van der Waals surface area (Å²) in [5.41, 5.74) is 5.60. The summed E-state index contributed by atoms with van der Waals surface area (Å²) in [6.07, 6.45) is 0.832. The van der Waals surface area contributed by atoms with Gasteiger partial charge in [0.15, 0.2) is 0 Å². The molecule has 0 bridgehead atoms. The first-order chi connectivity index (χ1) is 13.8. The molecule has 2 aromatic carbocycles. The van der Waals surface area contributed by atoms with Gasteiger partial charge in [0.1, 0.15) is 0 Å². The Hall–Kier alpha value is -3.19. The Morgan fingerprint density at radius 2 is 1.62 bits per heavy atom. The molecule has 0 fully saturated rings. The molecule has 0 aliphatic carbocycles. The molecule has 0 aromatic heterocycles. The van der Waals surface area contributed by atoms with E-state index in [-0.39, 0.29) is 12.3 Å². The number of hydrogen-bond donors (Lipinski definition) is 3. The van der Waals surface area contributed by atoms with Gasteiger partial charge >= 0.3 is 11.8 Å². The molecule has 3 amide bonds. The molecule has 0 atom stereocenters. The third kappa shape index (κ3) is 7.04. The summed E-state index contributed by atoms with van der Waals surface area (Å²) >= 11 is 6.03. The van der Waals surface area contributed by atoms with Crippen molar-refractivity contribution in [2.45, 2.75) is 33.6 Å². The Morgan fingerprint density at radius 1 is 0.966 bits per heavy atom. The monoisotopic (exact) mass is 414 g/mol. The largest absolute Gasteiger partial charge is 0.329 e. The van der Waals surface area contributed by atoms with Crippen LogP contribution in [0.3, 0.4) is 0 Å². The van der Waals surface area contributed by atoms with Crippen LogP contribution >= 0.6 is 11.6 Å². The van der Waals surface area contributed by atoms with Gasteiger partial charge in [0.25, 0.3) is 0 Å². The van der Waals surface area contributed by atoms with E-state index in [0.29, 0.717) is 22.1 Å². The first-order valence-electron chi connectivity index (χ1n) is 9.08. The van der Waals surface area contributed by atoms with Crippen molar-refractivity contribution in [2.24, 2.45) is 5.10 Å². The maximum atomic E-state index is 12.1. The van der Waals surface area contributed by atoms with Crippen molar-refractivity contribution in [3.8, 4) is 0 Å². The Kier molecular flexibility index (Phi) is 7.91. The van der Waals surface area contributed by atoms with Crippen LogP contribution in [-0.4, -0.2) is 23.4 Å². The van der Waals surface area contributed by atoms with Gasteiger partial charge in [-0.2, -0.15) is 5.10 Å². The van der Waals surface area contributed by atoms with E-state index in [4.69, 9.17) is 11.6 Å². The average molecular weight is 415 g/mol. The SMILES string of the molecule is CCc1ccc(NC(=O)C(=O)NN=C(C)CC(=O)Nc2ccc(C)c(Cl)c2)cc1. The van der Waals surface area contributed by atoms with Crippen LogP contribution in [0.4, 0.5) is 11.4 Å². The Balaban J connectivity index is 1.83. The summed E-state index contributed by atoms with van der Waals surface area (Å²) in [5.74, 6) is -2.08. The van der Waals surface area contributed by atoms with Crippen LogP contribution in [0.5, 0.6) is 0 Å². The highest BCUT2D eigenvalue weighted by Gasteiger charge is 2.13. The number of halogens is 1. The molecule has 3 N–H and O–H groups in total. The number of nitrogens with one attached hydrogen (secondary N) is 3. The van der Waals surface area contributed by atoms with Gasteiger partial charge in [-0.3, -0.25) is 14.4 Å². The van der Waals surface area contributed by atoms with E-state index in [1.165, 1.54) is 0 Å². The number of carbonyl (C=O) groups excluding carboxylic acids is 3. The molecule has 0 unspecified atom stereocenters. The molecular weight excluding hydrogens is 392 g/mol. The van der Waals surface area contributed by atoms with Crippen molar-refractivity contribution < 1.29 is 14.4 Å². The van der Waals surface area contributed by atoms with Gasteiger partial charge in [-0.1, -0.05) is 36.7 Å². The number of aryl methyl sites for hydroxylation is 2. The minimum atomic E-state index is -0.922. The maximum Gasteiger partial charge on any atom is 0.329 e. The van der Waals surface area contributed by atoms with Gasteiger partial charge < -0.3 is 10.6 Å². The van der Waals surface area contributed by atoms with E-state index in [1.807, 2.05) is 26.0 Å². The smallest absolute Gasteiger partial charge is 0.326 e. The lowest BCUT2D eigenvalue weighted by atomic mass is 10.1. The highest BCUT2D eigenvalue weighted by atomic mass is 35.5. The van der Waals surface area contributed by atoms with Crippen LogP contribution in [-0.2, 0) is 20.8 Å². The molecule has 0 saturated carbocycles. The fraction of sp³-hybridized carbons (Fsp3) is 0.238. The summed E-state index contributed by atoms with van der Waals surface area (Å²) in [7, 11) is 0. The molecule has 0 heterocycles. The van der Waals surface area contributed by atoms with E-state index < -0.39 is 11.8 Å².